The Morgan fingerprint density at radius 2 is 1.58 bits per heavy atom. The fraction of sp³-hybridized carbons (Fsp3) is 0.182. The number of halogens is 6. The van der Waals surface area contributed by atoms with Crippen molar-refractivity contribution in [1.29, 1.82) is 0 Å². The summed E-state index contributed by atoms with van der Waals surface area (Å²) in [6.45, 7) is 0. The molecule has 0 amide bonds. The molecule has 0 radical (unpaired) electrons. The summed E-state index contributed by atoms with van der Waals surface area (Å²) >= 11 is 16.7. The lowest BCUT2D eigenvalue weighted by atomic mass is 10.0. The lowest BCUT2D eigenvalue weighted by Crippen LogP contribution is -2.15. The van der Waals surface area contributed by atoms with Gasteiger partial charge >= 0.3 is 11.8 Å². The Bertz CT molecular complexity index is 686. The van der Waals surface area contributed by atoms with Crippen molar-refractivity contribution in [3.8, 4) is 0 Å². The third kappa shape index (κ3) is 2.83. The molecule has 0 aliphatic rings. The highest BCUT2D eigenvalue weighted by molar-refractivity contribution is 6.67. The molecule has 0 N–H and O–H groups in total. The Labute approximate surface area is 119 Å². The minimum atomic E-state index is -4.73. The minimum absolute atomic E-state index is 0.230. The molecule has 1 heterocycles. The second-order valence-electron chi connectivity index (χ2n) is 3.66. The van der Waals surface area contributed by atoms with Crippen LogP contribution in [0.5, 0.6) is 0 Å². The second kappa shape index (κ2) is 4.58. The van der Waals surface area contributed by atoms with E-state index in [-0.39, 0.29) is 11.0 Å². The first-order valence-corrected chi connectivity index (χ1v) is 5.95. The third-order valence-electron chi connectivity index (χ3n) is 2.38. The van der Waals surface area contributed by atoms with Crippen molar-refractivity contribution in [3.05, 3.63) is 45.8 Å². The van der Waals surface area contributed by atoms with E-state index in [1.54, 1.807) is 0 Å². The van der Waals surface area contributed by atoms with Crippen molar-refractivity contribution in [2.75, 3.05) is 0 Å². The highest BCUT2D eigenvalue weighted by atomic mass is 35.6. The van der Waals surface area contributed by atoms with Gasteiger partial charge in [-0.15, -0.1) is 0 Å². The molecule has 8 heteroatoms. The van der Waals surface area contributed by atoms with Gasteiger partial charge in [0.25, 0.3) is 0 Å². The van der Waals surface area contributed by atoms with Crippen molar-refractivity contribution in [2.24, 2.45) is 0 Å². The van der Waals surface area contributed by atoms with Crippen molar-refractivity contribution in [1.82, 2.24) is 0 Å². The third-order valence-corrected chi connectivity index (χ3v) is 2.95. The van der Waals surface area contributed by atoms with Gasteiger partial charge in [0, 0.05) is 11.5 Å². The zero-order chi connectivity index (χ0) is 14.4. The highest BCUT2D eigenvalue weighted by Crippen LogP contribution is 2.47. The Morgan fingerprint density at radius 3 is 2.11 bits per heavy atom. The molecule has 0 aliphatic heterocycles. The van der Waals surface area contributed by atoms with Gasteiger partial charge in [-0.1, -0.05) is 40.9 Å². The summed E-state index contributed by atoms with van der Waals surface area (Å²) in [4.78, 5) is 11.1. The number of benzene rings is 1. The Morgan fingerprint density at radius 1 is 1.00 bits per heavy atom. The van der Waals surface area contributed by atoms with Crippen molar-refractivity contribution >= 4 is 45.8 Å². The molecule has 0 aliphatic carbocycles. The second-order valence-corrected chi connectivity index (χ2v) is 5.94. The molecule has 2 nitrogen and oxygen atoms in total. The normalized spacial score (nSPS) is 12.9. The van der Waals surface area contributed by atoms with E-state index in [1.807, 2.05) is 0 Å². The van der Waals surface area contributed by atoms with E-state index in [1.165, 1.54) is 6.07 Å². The fourth-order valence-electron chi connectivity index (χ4n) is 1.65. The van der Waals surface area contributed by atoms with Crippen LogP contribution in [0.25, 0.3) is 11.0 Å². The predicted molar refractivity (Wildman–Crippen MR) is 66.7 cm³/mol. The lowest BCUT2D eigenvalue weighted by molar-refractivity contribution is -0.138. The van der Waals surface area contributed by atoms with Crippen LogP contribution in [0, 0.1) is 0 Å². The lowest BCUT2D eigenvalue weighted by Gasteiger charge is -2.19. The zero-order valence-corrected chi connectivity index (χ0v) is 11.2. The van der Waals surface area contributed by atoms with Crippen LogP contribution in [0.2, 0.25) is 0 Å². The first-order valence-electron chi connectivity index (χ1n) is 4.82. The predicted octanol–water partition coefficient (Wildman–Crippen LogP) is 4.64. The minimum Gasteiger partial charge on any atom is -0.422 e. The summed E-state index contributed by atoms with van der Waals surface area (Å²) in [6, 6.07) is 4.28. The van der Waals surface area contributed by atoms with Gasteiger partial charge in [0.1, 0.15) is 5.58 Å². The standard InChI is InChI=1S/C11H4Cl3F3O2/c12-10(13,14)8-6(11(15,16)17)3-1-5-2-4-7(18)19-9(5)8/h1-4H. The average molecular weight is 332 g/mol. The smallest absolute Gasteiger partial charge is 0.416 e. The van der Waals surface area contributed by atoms with Gasteiger partial charge in [0.15, 0.2) is 0 Å². The van der Waals surface area contributed by atoms with E-state index in [2.05, 4.69) is 0 Å². The van der Waals surface area contributed by atoms with Gasteiger partial charge in [0.2, 0.25) is 3.79 Å². The van der Waals surface area contributed by atoms with E-state index in [0.717, 1.165) is 18.2 Å². The maximum atomic E-state index is 12.9. The SMILES string of the molecule is O=c1ccc2ccc(C(F)(F)F)c(C(Cl)(Cl)Cl)c2o1. The van der Waals surface area contributed by atoms with Gasteiger partial charge in [0.05, 0.1) is 11.1 Å². The van der Waals surface area contributed by atoms with Crippen LogP contribution in [0.3, 0.4) is 0 Å². The summed E-state index contributed by atoms with van der Waals surface area (Å²) in [6.07, 6.45) is -4.73. The molecule has 1 aromatic carbocycles. The summed E-state index contributed by atoms with van der Waals surface area (Å²) < 4.78 is 41.1. The van der Waals surface area contributed by atoms with E-state index in [4.69, 9.17) is 39.2 Å². The fourth-order valence-corrected chi connectivity index (χ4v) is 2.21. The molecule has 19 heavy (non-hydrogen) atoms. The molecule has 0 atom stereocenters. The van der Waals surface area contributed by atoms with E-state index in [0.29, 0.717) is 0 Å². The van der Waals surface area contributed by atoms with Crippen LogP contribution in [-0.2, 0) is 9.97 Å². The largest absolute Gasteiger partial charge is 0.422 e. The van der Waals surface area contributed by atoms with Crippen molar-refractivity contribution in [2.45, 2.75) is 9.97 Å². The van der Waals surface area contributed by atoms with Crippen LogP contribution < -0.4 is 5.63 Å². The summed E-state index contributed by atoms with van der Waals surface area (Å²) in [5, 5.41) is 0.230. The van der Waals surface area contributed by atoms with E-state index >= 15 is 0 Å². The van der Waals surface area contributed by atoms with Gasteiger partial charge in [-0.05, 0) is 12.1 Å². The molecule has 0 bridgehead atoms. The maximum Gasteiger partial charge on any atom is 0.416 e. The molecular weight excluding hydrogens is 327 g/mol. The molecule has 1 aromatic heterocycles. The highest BCUT2D eigenvalue weighted by Gasteiger charge is 2.41. The number of alkyl halides is 6. The van der Waals surface area contributed by atoms with Gasteiger partial charge in [-0.2, -0.15) is 13.2 Å². The van der Waals surface area contributed by atoms with Gasteiger partial charge in [-0.25, -0.2) is 4.79 Å². The van der Waals surface area contributed by atoms with E-state index < -0.39 is 26.7 Å². The first-order chi connectivity index (χ1) is 8.60. The Balaban J connectivity index is 2.97. The topological polar surface area (TPSA) is 30.2 Å². The molecule has 0 unspecified atom stereocenters. The molecular formula is C11H4Cl3F3O2. The number of fused-ring (bicyclic) bond motifs is 1. The number of rotatable bonds is 0. The monoisotopic (exact) mass is 330 g/mol. The van der Waals surface area contributed by atoms with Gasteiger partial charge in [-0.3, -0.25) is 0 Å². The van der Waals surface area contributed by atoms with Crippen LogP contribution in [0.4, 0.5) is 13.2 Å². The summed E-state index contributed by atoms with van der Waals surface area (Å²) in [7, 11) is 0. The van der Waals surface area contributed by atoms with Crippen LogP contribution >= 0.6 is 34.8 Å². The zero-order valence-electron chi connectivity index (χ0n) is 8.89. The molecule has 102 valence electrons. The Hall–Kier alpha value is -0.910. The first kappa shape index (κ1) is 14.5. The van der Waals surface area contributed by atoms with Crippen molar-refractivity contribution in [3.63, 3.8) is 0 Å². The van der Waals surface area contributed by atoms with Crippen LogP contribution in [0.1, 0.15) is 11.1 Å². The molecule has 0 saturated carbocycles. The van der Waals surface area contributed by atoms with Gasteiger partial charge < -0.3 is 4.42 Å². The van der Waals surface area contributed by atoms with Crippen LogP contribution in [0.15, 0.2) is 33.5 Å². The molecule has 0 saturated heterocycles. The summed E-state index contributed by atoms with van der Waals surface area (Å²) in [5.74, 6) is 0. The Kier molecular flexibility index (Phi) is 3.49. The van der Waals surface area contributed by atoms with Crippen LogP contribution in [-0.4, -0.2) is 0 Å². The molecule has 2 aromatic rings. The number of hydrogen-bond acceptors (Lipinski definition) is 2. The average Bonchev–Trinajstić information content (AvgIpc) is 2.24. The molecule has 2 rings (SSSR count). The summed E-state index contributed by atoms with van der Waals surface area (Å²) in [5.41, 5.74) is -3.07. The maximum absolute atomic E-state index is 12.9. The quantitative estimate of drug-likeness (QED) is 0.520. The van der Waals surface area contributed by atoms with E-state index in [9.17, 15) is 18.0 Å². The number of hydrogen-bond donors (Lipinski definition) is 0. The molecule has 0 fully saturated rings. The molecule has 0 spiro atoms. The van der Waals surface area contributed by atoms with Crippen molar-refractivity contribution < 1.29 is 17.6 Å².